The lowest BCUT2D eigenvalue weighted by Crippen LogP contribution is -2.13. The molecule has 0 bridgehead atoms. The van der Waals surface area contributed by atoms with Gasteiger partial charge >= 0.3 is 0 Å². The Morgan fingerprint density at radius 1 is 1.00 bits per heavy atom. The monoisotopic (exact) mass is 212 g/mol. The van der Waals surface area contributed by atoms with Crippen LogP contribution >= 0.6 is 0 Å². The van der Waals surface area contributed by atoms with Crippen molar-refractivity contribution in [2.75, 3.05) is 0 Å². The number of pyridine rings is 1. The maximum atomic E-state index is 4.35. The van der Waals surface area contributed by atoms with Gasteiger partial charge < -0.3 is 5.32 Å². The third kappa shape index (κ3) is 3.17. The second-order valence-electron chi connectivity index (χ2n) is 3.92. The van der Waals surface area contributed by atoms with Gasteiger partial charge in [0.15, 0.2) is 0 Å². The summed E-state index contributed by atoms with van der Waals surface area (Å²) >= 11 is 0. The van der Waals surface area contributed by atoms with Crippen molar-refractivity contribution < 1.29 is 0 Å². The van der Waals surface area contributed by atoms with Crippen LogP contribution in [0.3, 0.4) is 0 Å². The Kier molecular flexibility index (Phi) is 3.67. The van der Waals surface area contributed by atoms with Crippen molar-refractivity contribution in [3.8, 4) is 0 Å². The summed E-state index contributed by atoms with van der Waals surface area (Å²) in [5.74, 6) is 0. The summed E-state index contributed by atoms with van der Waals surface area (Å²) in [4.78, 5) is 4.35. The van der Waals surface area contributed by atoms with E-state index in [4.69, 9.17) is 0 Å². The molecule has 2 rings (SSSR count). The van der Waals surface area contributed by atoms with Gasteiger partial charge in [-0.05, 0) is 24.1 Å². The maximum Gasteiger partial charge on any atom is 0.0541 e. The van der Waals surface area contributed by atoms with Gasteiger partial charge in [-0.25, -0.2) is 0 Å². The molecule has 1 aromatic carbocycles. The second kappa shape index (κ2) is 5.42. The van der Waals surface area contributed by atoms with Crippen LogP contribution in [-0.4, -0.2) is 4.98 Å². The smallest absolute Gasteiger partial charge is 0.0541 e. The zero-order valence-corrected chi connectivity index (χ0v) is 9.48. The van der Waals surface area contributed by atoms with Crippen LogP contribution in [0, 0.1) is 6.92 Å². The molecule has 1 heterocycles. The highest BCUT2D eigenvalue weighted by Gasteiger charge is 1.94. The summed E-state index contributed by atoms with van der Waals surface area (Å²) in [6.07, 6.45) is 1.90. The lowest BCUT2D eigenvalue weighted by atomic mass is 10.2. The van der Waals surface area contributed by atoms with Gasteiger partial charge in [0.2, 0.25) is 0 Å². The number of hydrogen-bond donors (Lipinski definition) is 1. The SMILES string of the molecule is Cc1ccc(CNCc2ccccc2)nc1. The molecule has 2 aromatic rings. The van der Waals surface area contributed by atoms with E-state index >= 15 is 0 Å². The third-order valence-electron chi connectivity index (χ3n) is 2.45. The van der Waals surface area contributed by atoms with Crippen LogP contribution in [-0.2, 0) is 13.1 Å². The first kappa shape index (κ1) is 10.8. The fraction of sp³-hybridized carbons (Fsp3) is 0.214. The Bertz CT molecular complexity index is 420. The fourth-order valence-electron chi connectivity index (χ4n) is 1.53. The Morgan fingerprint density at radius 2 is 1.81 bits per heavy atom. The van der Waals surface area contributed by atoms with Gasteiger partial charge in [-0.15, -0.1) is 0 Å². The highest BCUT2D eigenvalue weighted by atomic mass is 14.9. The van der Waals surface area contributed by atoms with Crippen LogP contribution < -0.4 is 5.32 Å². The Balaban J connectivity index is 1.82. The van der Waals surface area contributed by atoms with Crippen LogP contribution in [0.15, 0.2) is 48.7 Å². The number of hydrogen-bond acceptors (Lipinski definition) is 2. The zero-order chi connectivity index (χ0) is 11.2. The van der Waals surface area contributed by atoms with Gasteiger partial charge in [-0.1, -0.05) is 36.4 Å². The van der Waals surface area contributed by atoms with Crippen LogP contribution in [0.1, 0.15) is 16.8 Å². The first-order chi connectivity index (χ1) is 7.84. The number of rotatable bonds is 4. The van der Waals surface area contributed by atoms with E-state index in [0.717, 1.165) is 18.8 Å². The van der Waals surface area contributed by atoms with Crippen molar-refractivity contribution in [3.63, 3.8) is 0 Å². The summed E-state index contributed by atoms with van der Waals surface area (Å²) < 4.78 is 0. The molecule has 0 saturated heterocycles. The standard InChI is InChI=1S/C14H16N2/c1-12-7-8-14(16-9-12)11-15-10-13-5-3-2-4-6-13/h2-9,15H,10-11H2,1H3. The minimum Gasteiger partial charge on any atom is -0.307 e. The van der Waals surface area contributed by atoms with E-state index in [9.17, 15) is 0 Å². The predicted octanol–water partition coefficient (Wildman–Crippen LogP) is 2.68. The predicted molar refractivity (Wildman–Crippen MR) is 66.0 cm³/mol. The molecule has 0 aliphatic heterocycles. The van der Waals surface area contributed by atoms with Crippen molar-refractivity contribution in [2.45, 2.75) is 20.0 Å². The van der Waals surface area contributed by atoms with Crippen molar-refractivity contribution in [1.29, 1.82) is 0 Å². The molecule has 1 aromatic heterocycles. The van der Waals surface area contributed by atoms with E-state index in [1.807, 2.05) is 19.2 Å². The average Bonchev–Trinajstić information content (AvgIpc) is 2.33. The number of nitrogens with one attached hydrogen (secondary N) is 1. The van der Waals surface area contributed by atoms with Crippen molar-refractivity contribution in [3.05, 3.63) is 65.5 Å². The van der Waals surface area contributed by atoms with Gasteiger partial charge in [0.1, 0.15) is 0 Å². The van der Waals surface area contributed by atoms with E-state index in [1.165, 1.54) is 11.1 Å². The molecule has 2 heteroatoms. The molecule has 0 unspecified atom stereocenters. The second-order valence-corrected chi connectivity index (χ2v) is 3.92. The third-order valence-corrected chi connectivity index (χ3v) is 2.45. The summed E-state index contributed by atoms with van der Waals surface area (Å²) in [5, 5.41) is 3.37. The summed E-state index contributed by atoms with van der Waals surface area (Å²) in [7, 11) is 0. The van der Waals surface area contributed by atoms with Crippen molar-refractivity contribution in [2.24, 2.45) is 0 Å². The largest absolute Gasteiger partial charge is 0.307 e. The van der Waals surface area contributed by atoms with Gasteiger partial charge in [0.25, 0.3) is 0 Å². The minimum atomic E-state index is 0.815. The van der Waals surface area contributed by atoms with E-state index in [0.29, 0.717) is 0 Å². The molecule has 2 nitrogen and oxygen atoms in total. The quantitative estimate of drug-likeness (QED) is 0.842. The molecule has 1 N–H and O–H groups in total. The lowest BCUT2D eigenvalue weighted by molar-refractivity contribution is 0.679. The molecule has 0 radical (unpaired) electrons. The van der Waals surface area contributed by atoms with E-state index in [1.54, 1.807) is 0 Å². The van der Waals surface area contributed by atoms with Crippen LogP contribution in [0.2, 0.25) is 0 Å². The molecule has 0 amide bonds. The van der Waals surface area contributed by atoms with Gasteiger partial charge in [-0.2, -0.15) is 0 Å². The van der Waals surface area contributed by atoms with Crippen LogP contribution in [0.5, 0.6) is 0 Å². The zero-order valence-electron chi connectivity index (χ0n) is 9.48. The highest BCUT2D eigenvalue weighted by molar-refractivity contribution is 5.15. The molecule has 0 atom stereocenters. The molecule has 0 aliphatic carbocycles. The summed E-state index contributed by atoms with van der Waals surface area (Å²) in [5.41, 5.74) is 3.59. The molecular formula is C14H16N2. The van der Waals surface area contributed by atoms with Crippen LogP contribution in [0.4, 0.5) is 0 Å². The number of aromatic nitrogens is 1. The first-order valence-electron chi connectivity index (χ1n) is 5.51. The normalized spacial score (nSPS) is 10.3. The van der Waals surface area contributed by atoms with E-state index in [2.05, 4.69) is 46.7 Å². The Morgan fingerprint density at radius 3 is 2.50 bits per heavy atom. The Hall–Kier alpha value is -1.67. The molecule has 0 spiro atoms. The summed E-state index contributed by atoms with van der Waals surface area (Å²) in [6.45, 7) is 3.75. The minimum absolute atomic E-state index is 0.815. The first-order valence-corrected chi connectivity index (χ1v) is 5.51. The van der Waals surface area contributed by atoms with Gasteiger partial charge in [0.05, 0.1) is 5.69 Å². The van der Waals surface area contributed by atoms with Crippen LogP contribution in [0.25, 0.3) is 0 Å². The molecule has 82 valence electrons. The molecule has 0 aliphatic rings. The lowest BCUT2D eigenvalue weighted by Gasteiger charge is -2.04. The van der Waals surface area contributed by atoms with Gasteiger partial charge in [-0.3, -0.25) is 4.98 Å². The fourth-order valence-corrected chi connectivity index (χ4v) is 1.53. The average molecular weight is 212 g/mol. The maximum absolute atomic E-state index is 4.35. The van der Waals surface area contributed by atoms with E-state index < -0.39 is 0 Å². The van der Waals surface area contributed by atoms with E-state index in [-0.39, 0.29) is 0 Å². The number of aryl methyl sites for hydroxylation is 1. The number of benzene rings is 1. The highest BCUT2D eigenvalue weighted by Crippen LogP contribution is 2.00. The molecule has 16 heavy (non-hydrogen) atoms. The van der Waals surface area contributed by atoms with Gasteiger partial charge in [0, 0.05) is 19.3 Å². The van der Waals surface area contributed by atoms with Crippen molar-refractivity contribution in [1.82, 2.24) is 10.3 Å². The van der Waals surface area contributed by atoms with Crippen molar-refractivity contribution >= 4 is 0 Å². The topological polar surface area (TPSA) is 24.9 Å². The molecule has 0 saturated carbocycles. The number of nitrogens with zero attached hydrogens (tertiary/aromatic N) is 1. The molecular weight excluding hydrogens is 196 g/mol. The Labute approximate surface area is 96.4 Å². The molecule has 0 fully saturated rings. The summed E-state index contributed by atoms with van der Waals surface area (Å²) in [6, 6.07) is 14.5.